The van der Waals surface area contributed by atoms with Crippen molar-refractivity contribution in [2.24, 2.45) is 5.92 Å². The Morgan fingerprint density at radius 1 is 0.925 bits per heavy atom. The van der Waals surface area contributed by atoms with E-state index in [2.05, 4.69) is 0 Å². The van der Waals surface area contributed by atoms with Crippen molar-refractivity contribution >= 4 is 11.9 Å². The predicted molar refractivity (Wildman–Crippen MR) is 139 cm³/mol. The normalized spacial score (nSPS) is 27.3. The van der Waals surface area contributed by atoms with Gasteiger partial charge in [0.1, 0.15) is 23.2 Å². The maximum atomic E-state index is 13.6. The molecule has 5 atom stereocenters. The topological polar surface area (TPSA) is 119 Å². The Hall–Kier alpha value is -4.44. The van der Waals surface area contributed by atoms with Crippen LogP contribution in [0.4, 0.5) is 0 Å². The summed E-state index contributed by atoms with van der Waals surface area (Å²) in [7, 11) is 4.20. The summed E-state index contributed by atoms with van der Waals surface area (Å²) in [6, 6.07) is 17.5. The van der Waals surface area contributed by atoms with Gasteiger partial charge in [-0.05, 0) is 17.7 Å². The van der Waals surface area contributed by atoms with E-state index < -0.39 is 41.1 Å². The quantitative estimate of drug-likeness (QED) is 0.459. The number of carbonyl (C=O) groups is 2. The van der Waals surface area contributed by atoms with E-state index in [1.165, 1.54) is 28.3 Å². The first-order chi connectivity index (χ1) is 19.3. The number of carbonyl (C=O) groups excluding carboxylic acids is 2. The molecule has 1 aliphatic carbocycles. The van der Waals surface area contributed by atoms with E-state index in [4.69, 9.17) is 33.2 Å². The van der Waals surface area contributed by atoms with Crippen molar-refractivity contribution in [2.75, 3.05) is 28.1 Å². The molecule has 0 aromatic heterocycles. The zero-order valence-electron chi connectivity index (χ0n) is 22.3. The lowest BCUT2D eigenvalue weighted by molar-refractivity contribution is -0.185. The minimum Gasteiger partial charge on any atom is -0.496 e. The van der Waals surface area contributed by atoms with Crippen molar-refractivity contribution in [2.45, 2.75) is 30.1 Å². The number of esters is 2. The van der Waals surface area contributed by atoms with Crippen LogP contribution in [0.2, 0.25) is 0 Å². The van der Waals surface area contributed by atoms with Crippen LogP contribution in [-0.4, -0.2) is 51.3 Å². The van der Waals surface area contributed by atoms with Crippen molar-refractivity contribution in [1.29, 1.82) is 0 Å². The molecule has 40 heavy (non-hydrogen) atoms. The third kappa shape index (κ3) is 3.38. The Bertz CT molecular complexity index is 1490. The fourth-order valence-electron chi connectivity index (χ4n) is 6.50. The highest BCUT2D eigenvalue weighted by atomic mass is 16.7. The van der Waals surface area contributed by atoms with Crippen LogP contribution in [0.25, 0.3) is 0 Å². The fraction of sp³-hybridized carbons (Fsp3) is 0.333. The molecule has 0 unspecified atom stereocenters. The van der Waals surface area contributed by atoms with Gasteiger partial charge in [0.25, 0.3) is 0 Å². The van der Waals surface area contributed by atoms with Crippen LogP contribution in [0, 0.1) is 5.92 Å². The van der Waals surface area contributed by atoms with Crippen LogP contribution in [0.15, 0.2) is 60.7 Å². The summed E-state index contributed by atoms with van der Waals surface area (Å²) >= 11 is 0. The fourth-order valence-corrected chi connectivity index (χ4v) is 6.50. The van der Waals surface area contributed by atoms with E-state index in [9.17, 15) is 14.7 Å². The van der Waals surface area contributed by atoms with E-state index in [-0.39, 0.29) is 23.9 Å². The first-order valence-electron chi connectivity index (χ1n) is 12.7. The van der Waals surface area contributed by atoms with E-state index in [0.717, 1.165) is 0 Å². The minimum atomic E-state index is -2.14. The van der Waals surface area contributed by atoms with Crippen LogP contribution in [0.3, 0.4) is 0 Å². The van der Waals surface area contributed by atoms with Crippen molar-refractivity contribution in [3.63, 3.8) is 0 Å². The smallest absolute Gasteiger partial charge is 0.313 e. The van der Waals surface area contributed by atoms with Crippen LogP contribution in [0.1, 0.15) is 29.5 Å². The van der Waals surface area contributed by atoms with E-state index in [1.54, 1.807) is 30.3 Å². The first-order valence-corrected chi connectivity index (χ1v) is 12.7. The van der Waals surface area contributed by atoms with Crippen LogP contribution >= 0.6 is 0 Å². The number of hydrogen-bond acceptors (Lipinski definition) is 10. The summed E-state index contributed by atoms with van der Waals surface area (Å²) in [4.78, 5) is 26.2. The van der Waals surface area contributed by atoms with Gasteiger partial charge in [0.05, 0.1) is 26.9 Å². The highest BCUT2D eigenvalue weighted by Crippen LogP contribution is 2.71. The van der Waals surface area contributed by atoms with Gasteiger partial charge in [-0.3, -0.25) is 9.59 Å². The molecule has 6 rings (SSSR count). The average molecular weight is 549 g/mol. The van der Waals surface area contributed by atoms with E-state index in [1.807, 2.05) is 30.3 Å². The minimum absolute atomic E-state index is 0.0329. The Morgan fingerprint density at radius 3 is 2.35 bits per heavy atom. The second kappa shape index (κ2) is 9.34. The number of rotatable bonds is 6. The number of benzene rings is 3. The molecule has 10 nitrogen and oxygen atoms in total. The Kier molecular flexibility index (Phi) is 6.03. The summed E-state index contributed by atoms with van der Waals surface area (Å²) < 4.78 is 40.4. The van der Waals surface area contributed by atoms with Crippen molar-refractivity contribution < 1.29 is 47.9 Å². The molecule has 1 N–H and O–H groups in total. The van der Waals surface area contributed by atoms with Gasteiger partial charge >= 0.3 is 11.9 Å². The average Bonchev–Trinajstić information content (AvgIpc) is 3.60. The highest BCUT2D eigenvalue weighted by Gasteiger charge is 2.80. The van der Waals surface area contributed by atoms with Crippen LogP contribution in [0.5, 0.6) is 28.7 Å². The second-order valence-electron chi connectivity index (χ2n) is 9.84. The molecule has 1 fully saturated rings. The molecule has 0 bridgehead atoms. The van der Waals surface area contributed by atoms with Gasteiger partial charge in [0.2, 0.25) is 6.79 Å². The van der Waals surface area contributed by atoms with Gasteiger partial charge in [-0.1, -0.05) is 36.4 Å². The number of fused-ring (bicyclic) bond motifs is 4. The van der Waals surface area contributed by atoms with E-state index in [0.29, 0.717) is 28.4 Å². The molecule has 3 aromatic carbocycles. The second-order valence-corrected chi connectivity index (χ2v) is 9.84. The molecular formula is C30H28O10. The lowest BCUT2D eigenvalue weighted by atomic mass is 9.70. The first kappa shape index (κ1) is 25.8. The number of aliphatic hydroxyl groups is 1. The SMILES string of the molecule is COC(=O)[C@H]1[C@@H](OC(C)=O)[C@@]2(O)c3c(OC)cc(OC)cc3O[C@@]2(c2ccc3c(c2)OCO3)[C@H]1c1ccccc1. The summed E-state index contributed by atoms with van der Waals surface area (Å²) in [5.41, 5.74) is -2.53. The molecule has 0 amide bonds. The number of methoxy groups -OCH3 is 3. The van der Waals surface area contributed by atoms with Crippen molar-refractivity contribution in [3.05, 3.63) is 77.4 Å². The molecule has 2 aliphatic heterocycles. The lowest BCUT2D eigenvalue weighted by Gasteiger charge is -2.41. The molecule has 2 heterocycles. The largest absolute Gasteiger partial charge is 0.496 e. The molecule has 0 spiro atoms. The van der Waals surface area contributed by atoms with Crippen LogP contribution < -0.4 is 23.7 Å². The van der Waals surface area contributed by atoms with Crippen molar-refractivity contribution in [1.82, 2.24) is 0 Å². The monoisotopic (exact) mass is 548 g/mol. The Balaban J connectivity index is 1.74. The molecule has 0 radical (unpaired) electrons. The van der Waals surface area contributed by atoms with Gasteiger partial charge in [0.15, 0.2) is 28.8 Å². The molecule has 208 valence electrons. The maximum absolute atomic E-state index is 13.6. The van der Waals surface area contributed by atoms with Gasteiger partial charge in [-0.25, -0.2) is 0 Å². The van der Waals surface area contributed by atoms with Gasteiger partial charge in [-0.15, -0.1) is 0 Å². The summed E-state index contributed by atoms with van der Waals surface area (Å²) in [5, 5.41) is 13.2. The Morgan fingerprint density at radius 2 is 1.68 bits per heavy atom. The van der Waals surface area contributed by atoms with Crippen LogP contribution in [-0.2, 0) is 30.3 Å². The third-order valence-electron chi connectivity index (χ3n) is 7.97. The lowest BCUT2D eigenvalue weighted by Crippen LogP contribution is -2.53. The molecular weight excluding hydrogens is 520 g/mol. The molecule has 1 saturated carbocycles. The predicted octanol–water partition coefficient (Wildman–Crippen LogP) is 3.43. The van der Waals surface area contributed by atoms with Gasteiger partial charge < -0.3 is 38.3 Å². The van der Waals surface area contributed by atoms with E-state index >= 15 is 0 Å². The Labute approximate surface area is 230 Å². The summed E-state index contributed by atoms with van der Waals surface area (Å²) in [6.07, 6.45) is -1.43. The molecule has 3 aromatic rings. The maximum Gasteiger partial charge on any atom is 0.313 e. The summed E-state index contributed by atoms with van der Waals surface area (Å²) in [6.45, 7) is 1.25. The highest BCUT2D eigenvalue weighted by molar-refractivity contribution is 5.80. The third-order valence-corrected chi connectivity index (χ3v) is 7.97. The zero-order valence-corrected chi connectivity index (χ0v) is 22.3. The zero-order chi connectivity index (χ0) is 28.2. The molecule has 0 saturated heterocycles. The van der Waals surface area contributed by atoms with Gasteiger partial charge in [-0.2, -0.15) is 0 Å². The standard InChI is InChI=1S/C30H28O10/c1-16(31)39-27-24(28(32)36-4)25(17-8-6-5-7-9-17)30(18-10-11-20-21(12-18)38-15-37-20)29(27,33)26-22(35-3)13-19(34-2)14-23(26)40-30/h5-14,24-25,27,33H,15H2,1-4H3/t24-,25+,27-,29+,30+/m1/s1. The number of ether oxygens (including phenoxy) is 7. The molecule has 10 heteroatoms. The molecule has 3 aliphatic rings. The van der Waals surface area contributed by atoms with Crippen molar-refractivity contribution in [3.8, 4) is 28.7 Å². The summed E-state index contributed by atoms with van der Waals surface area (Å²) in [5.74, 6) is -1.59. The number of hydrogen-bond donors (Lipinski definition) is 1. The van der Waals surface area contributed by atoms with Gasteiger partial charge in [0, 0.05) is 30.5 Å².